The number of anilines is 1. The molecule has 0 atom stereocenters. The summed E-state index contributed by atoms with van der Waals surface area (Å²) in [6.45, 7) is 1.43. The fraction of sp³-hybridized carbons (Fsp3) is 0.263. The Bertz CT molecular complexity index is 807. The van der Waals surface area contributed by atoms with Crippen LogP contribution in [0.15, 0.2) is 36.4 Å². The molecule has 0 spiro atoms. The second-order valence-corrected chi connectivity index (χ2v) is 5.56. The summed E-state index contributed by atoms with van der Waals surface area (Å²) in [5.41, 5.74) is 1.86. The number of hydrogen-bond donors (Lipinski definition) is 1. The number of halogens is 1. The molecule has 6 nitrogen and oxygen atoms in total. The Morgan fingerprint density at radius 1 is 1.04 bits per heavy atom. The van der Waals surface area contributed by atoms with E-state index in [9.17, 15) is 14.0 Å². The summed E-state index contributed by atoms with van der Waals surface area (Å²) in [4.78, 5) is 23.8. The molecule has 0 saturated carbocycles. The Hall–Kier alpha value is -3.09. The fourth-order valence-corrected chi connectivity index (χ4v) is 2.29. The quantitative estimate of drug-likeness (QED) is 0.768. The molecule has 0 aliphatic carbocycles. The first-order chi connectivity index (χ1) is 12.4. The minimum atomic E-state index is -0.638. The van der Waals surface area contributed by atoms with Gasteiger partial charge in [0.1, 0.15) is 5.75 Å². The Balaban J connectivity index is 1.88. The number of hydrogen-bond acceptors (Lipinski definition) is 5. The second-order valence-electron chi connectivity index (χ2n) is 5.56. The summed E-state index contributed by atoms with van der Waals surface area (Å²) in [6, 6.07) is 9.50. The maximum atomic E-state index is 13.6. The fourth-order valence-electron chi connectivity index (χ4n) is 2.29. The van der Waals surface area contributed by atoms with Crippen LogP contribution in [0.25, 0.3) is 0 Å². The van der Waals surface area contributed by atoms with Crippen molar-refractivity contribution in [3.8, 4) is 11.5 Å². The molecular formula is C19H20FNO5. The van der Waals surface area contributed by atoms with Gasteiger partial charge in [-0.25, -0.2) is 4.39 Å². The Morgan fingerprint density at radius 2 is 1.73 bits per heavy atom. The van der Waals surface area contributed by atoms with Gasteiger partial charge in [0.15, 0.2) is 18.2 Å². The van der Waals surface area contributed by atoms with Gasteiger partial charge < -0.3 is 19.5 Å². The van der Waals surface area contributed by atoms with Gasteiger partial charge in [-0.15, -0.1) is 0 Å². The predicted molar refractivity (Wildman–Crippen MR) is 94.0 cm³/mol. The molecule has 0 aliphatic rings. The number of carbonyl (C=O) groups excluding carboxylic acids is 2. The number of ether oxygens (including phenoxy) is 3. The number of aryl methyl sites for hydroxylation is 1. The minimum Gasteiger partial charge on any atom is -0.495 e. The standard InChI is InChI=1S/C19H20FNO5/c1-12-4-6-17(25-3)15(8-12)21-18(22)11-26-19(23)10-13-5-7-16(24-2)14(20)9-13/h4-9H,10-11H2,1-3H3,(H,21,22). The molecule has 0 aliphatic heterocycles. The van der Waals surface area contributed by atoms with Crippen LogP contribution in [0.3, 0.4) is 0 Å². The lowest BCUT2D eigenvalue weighted by atomic mass is 10.1. The highest BCUT2D eigenvalue weighted by Gasteiger charge is 2.12. The van der Waals surface area contributed by atoms with E-state index >= 15 is 0 Å². The molecule has 2 rings (SSSR count). The molecule has 1 amide bonds. The van der Waals surface area contributed by atoms with Crippen molar-refractivity contribution >= 4 is 17.6 Å². The largest absolute Gasteiger partial charge is 0.495 e. The summed E-state index contributed by atoms with van der Waals surface area (Å²) >= 11 is 0. The summed E-state index contributed by atoms with van der Waals surface area (Å²) in [5, 5.41) is 2.63. The highest BCUT2D eigenvalue weighted by Crippen LogP contribution is 2.25. The number of amides is 1. The van der Waals surface area contributed by atoms with E-state index in [-0.39, 0.29) is 12.2 Å². The van der Waals surface area contributed by atoms with Crippen molar-refractivity contribution in [2.75, 3.05) is 26.1 Å². The van der Waals surface area contributed by atoms with E-state index in [2.05, 4.69) is 5.32 Å². The van der Waals surface area contributed by atoms with Gasteiger partial charge in [0, 0.05) is 0 Å². The SMILES string of the molecule is COc1ccc(CC(=O)OCC(=O)Nc2cc(C)ccc2OC)cc1F. The normalized spacial score (nSPS) is 10.2. The lowest BCUT2D eigenvalue weighted by Crippen LogP contribution is -2.22. The number of rotatable bonds is 7. The van der Waals surface area contributed by atoms with E-state index in [1.54, 1.807) is 18.2 Å². The van der Waals surface area contributed by atoms with E-state index in [0.29, 0.717) is 17.0 Å². The van der Waals surface area contributed by atoms with Crippen molar-refractivity contribution in [2.24, 2.45) is 0 Å². The van der Waals surface area contributed by atoms with Gasteiger partial charge in [0.25, 0.3) is 5.91 Å². The van der Waals surface area contributed by atoms with Crippen LogP contribution in [0.4, 0.5) is 10.1 Å². The first-order valence-electron chi connectivity index (χ1n) is 7.85. The molecule has 1 N–H and O–H groups in total. The van der Waals surface area contributed by atoms with E-state index in [4.69, 9.17) is 14.2 Å². The van der Waals surface area contributed by atoms with Crippen LogP contribution in [0.2, 0.25) is 0 Å². The minimum absolute atomic E-state index is 0.0913. The molecule has 0 unspecified atom stereocenters. The van der Waals surface area contributed by atoms with Gasteiger partial charge in [-0.2, -0.15) is 0 Å². The van der Waals surface area contributed by atoms with Crippen molar-refractivity contribution in [3.05, 3.63) is 53.3 Å². The molecule has 7 heteroatoms. The summed E-state index contributed by atoms with van der Waals surface area (Å²) < 4.78 is 28.5. The van der Waals surface area contributed by atoms with Crippen LogP contribution < -0.4 is 14.8 Å². The molecule has 0 heterocycles. The van der Waals surface area contributed by atoms with Crippen LogP contribution in [0.1, 0.15) is 11.1 Å². The average molecular weight is 361 g/mol. The zero-order valence-corrected chi connectivity index (χ0v) is 14.8. The molecule has 2 aromatic rings. The number of esters is 1. The Kier molecular flexibility index (Phi) is 6.54. The van der Waals surface area contributed by atoms with Gasteiger partial charge in [-0.05, 0) is 42.3 Å². The van der Waals surface area contributed by atoms with Crippen LogP contribution in [-0.2, 0) is 20.7 Å². The first-order valence-corrected chi connectivity index (χ1v) is 7.85. The lowest BCUT2D eigenvalue weighted by molar-refractivity contribution is -0.146. The molecule has 26 heavy (non-hydrogen) atoms. The monoisotopic (exact) mass is 361 g/mol. The van der Waals surface area contributed by atoms with E-state index in [1.165, 1.54) is 26.4 Å². The van der Waals surface area contributed by atoms with Crippen LogP contribution in [0, 0.1) is 12.7 Å². The lowest BCUT2D eigenvalue weighted by Gasteiger charge is -2.11. The molecule has 0 aromatic heterocycles. The number of benzene rings is 2. The van der Waals surface area contributed by atoms with Gasteiger partial charge in [0.05, 0.1) is 26.3 Å². The highest BCUT2D eigenvalue weighted by molar-refractivity contribution is 5.94. The summed E-state index contributed by atoms with van der Waals surface area (Å²) in [6.07, 6.45) is -0.151. The van der Waals surface area contributed by atoms with Crippen LogP contribution in [0.5, 0.6) is 11.5 Å². The van der Waals surface area contributed by atoms with Crippen LogP contribution in [-0.4, -0.2) is 32.7 Å². The molecule has 0 saturated heterocycles. The maximum Gasteiger partial charge on any atom is 0.310 e. The number of nitrogens with one attached hydrogen (secondary N) is 1. The van der Waals surface area contributed by atoms with Crippen molar-refractivity contribution in [3.63, 3.8) is 0 Å². The molecule has 0 fully saturated rings. The third-order valence-electron chi connectivity index (χ3n) is 3.56. The third-order valence-corrected chi connectivity index (χ3v) is 3.56. The van der Waals surface area contributed by atoms with Crippen molar-refractivity contribution in [2.45, 2.75) is 13.3 Å². The Morgan fingerprint density at radius 3 is 2.38 bits per heavy atom. The molecule has 0 radical (unpaired) electrons. The maximum absolute atomic E-state index is 13.6. The first kappa shape index (κ1) is 19.2. The van der Waals surface area contributed by atoms with Gasteiger partial charge in [-0.1, -0.05) is 12.1 Å². The van der Waals surface area contributed by atoms with Gasteiger partial charge >= 0.3 is 5.97 Å². The van der Waals surface area contributed by atoms with Crippen LogP contribution >= 0.6 is 0 Å². The van der Waals surface area contributed by atoms with Crippen molar-refractivity contribution < 1.29 is 28.2 Å². The smallest absolute Gasteiger partial charge is 0.310 e. The van der Waals surface area contributed by atoms with Crippen molar-refractivity contribution in [1.82, 2.24) is 0 Å². The Labute approximate surface area is 150 Å². The van der Waals surface area contributed by atoms with Gasteiger partial charge in [0.2, 0.25) is 0 Å². The topological polar surface area (TPSA) is 73.9 Å². The zero-order chi connectivity index (χ0) is 19.1. The number of methoxy groups -OCH3 is 2. The zero-order valence-electron chi connectivity index (χ0n) is 14.8. The highest BCUT2D eigenvalue weighted by atomic mass is 19.1. The number of carbonyl (C=O) groups is 2. The molecule has 2 aromatic carbocycles. The molecular weight excluding hydrogens is 341 g/mol. The average Bonchev–Trinajstić information content (AvgIpc) is 2.60. The summed E-state index contributed by atoms with van der Waals surface area (Å²) in [7, 11) is 2.85. The van der Waals surface area contributed by atoms with E-state index in [0.717, 1.165) is 5.56 Å². The van der Waals surface area contributed by atoms with Crippen molar-refractivity contribution in [1.29, 1.82) is 0 Å². The van der Waals surface area contributed by atoms with E-state index < -0.39 is 24.3 Å². The molecule has 0 bridgehead atoms. The molecule has 138 valence electrons. The third kappa shape index (κ3) is 5.20. The van der Waals surface area contributed by atoms with E-state index in [1.807, 2.05) is 13.0 Å². The second kappa shape index (κ2) is 8.84. The predicted octanol–water partition coefficient (Wildman–Crippen LogP) is 2.88. The summed E-state index contributed by atoms with van der Waals surface area (Å²) in [5.74, 6) is -1.11. The van der Waals surface area contributed by atoms with Gasteiger partial charge in [-0.3, -0.25) is 9.59 Å².